The van der Waals surface area contributed by atoms with Crippen molar-refractivity contribution in [1.82, 2.24) is 5.43 Å². The predicted octanol–water partition coefficient (Wildman–Crippen LogP) is 2.78. The minimum Gasteiger partial charge on any atom is -0.493 e. The largest absolute Gasteiger partial charge is 0.493 e. The topological polar surface area (TPSA) is 78.4 Å². The fraction of sp³-hybridized carbons (Fsp3) is 0.222. The number of fused-ring (bicyclic) bond motifs is 1. The van der Waals surface area contributed by atoms with Crippen LogP contribution in [0.1, 0.15) is 11.1 Å². The van der Waals surface area contributed by atoms with Gasteiger partial charge in [-0.3, -0.25) is 4.79 Å². The maximum atomic E-state index is 12.0. The smallest absolute Gasteiger partial charge is 0.244 e. The van der Waals surface area contributed by atoms with Gasteiger partial charge in [-0.2, -0.15) is 5.10 Å². The van der Waals surface area contributed by atoms with Crippen LogP contribution in [0.3, 0.4) is 0 Å². The molecule has 3 rings (SSSR count). The van der Waals surface area contributed by atoms with E-state index >= 15 is 0 Å². The first-order valence-corrected chi connectivity index (χ1v) is 8.10. The molecule has 0 aliphatic carbocycles. The molecule has 26 heavy (non-hydrogen) atoms. The van der Waals surface area contributed by atoms with E-state index < -0.39 is 0 Å². The molecule has 136 valence electrons. The van der Waals surface area contributed by atoms with Crippen LogP contribution in [0.25, 0.3) is 0 Å². The van der Waals surface area contributed by atoms with Crippen LogP contribution < -0.4 is 24.4 Å². The molecule has 0 saturated heterocycles. The first-order valence-electron chi connectivity index (χ1n) is 7.72. The Bertz CT molecular complexity index is 854. The molecule has 0 radical (unpaired) electrons. The van der Waals surface area contributed by atoms with E-state index in [-0.39, 0.29) is 19.1 Å². The van der Waals surface area contributed by atoms with Gasteiger partial charge >= 0.3 is 0 Å². The number of hydrogen-bond acceptors (Lipinski definition) is 6. The number of carbonyl (C=O) groups excluding carboxylic acids is 1. The maximum Gasteiger partial charge on any atom is 0.244 e. The van der Waals surface area contributed by atoms with E-state index in [1.807, 2.05) is 6.07 Å². The van der Waals surface area contributed by atoms with Gasteiger partial charge in [-0.15, -0.1) is 0 Å². The summed E-state index contributed by atoms with van der Waals surface area (Å²) in [7, 11) is 3.05. The average Bonchev–Trinajstić information content (AvgIpc) is 3.10. The molecule has 0 spiro atoms. The van der Waals surface area contributed by atoms with Crippen molar-refractivity contribution in [2.24, 2.45) is 5.10 Å². The van der Waals surface area contributed by atoms with Crippen LogP contribution in [-0.4, -0.2) is 33.1 Å². The van der Waals surface area contributed by atoms with Crippen LogP contribution in [0.2, 0.25) is 5.02 Å². The van der Waals surface area contributed by atoms with Crippen LogP contribution in [0.15, 0.2) is 35.4 Å². The molecule has 0 unspecified atom stereocenters. The van der Waals surface area contributed by atoms with Crippen molar-refractivity contribution in [3.05, 3.63) is 46.5 Å². The van der Waals surface area contributed by atoms with E-state index in [4.69, 9.17) is 30.5 Å². The van der Waals surface area contributed by atoms with Gasteiger partial charge in [0.15, 0.2) is 23.0 Å². The summed E-state index contributed by atoms with van der Waals surface area (Å²) in [5, 5.41) is 4.37. The molecule has 1 heterocycles. The summed E-state index contributed by atoms with van der Waals surface area (Å²) in [5.41, 5.74) is 3.86. The van der Waals surface area contributed by atoms with Crippen molar-refractivity contribution in [2.75, 3.05) is 21.0 Å². The number of benzene rings is 2. The fourth-order valence-electron chi connectivity index (χ4n) is 2.42. The van der Waals surface area contributed by atoms with Crippen molar-refractivity contribution in [3.63, 3.8) is 0 Å². The van der Waals surface area contributed by atoms with Crippen LogP contribution in [0.5, 0.6) is 23.0 Å². The maximum absolute atomic E-state index is 12.0. The summed E-state index contributed by atoms with van der Waals surface area (Å²) in [6, 6.07) is 8.65. The van der Waals surface area contributed by atoms with Crippen molar-refractivity contribution >= 4 is 23.7 Å². The summed E-state index contributed by atoms with van der Waals surface area (Å²) in [5.74, 6) is 2.08. The Hall–Kier alpha value is -2.93. The third kappa shape index (κ3) is 4.00. The van der Waals surface area contributed by atoms with E-state index in [1.54, 1.807) is 24.3 Å². The van der Waals surface area contributed by atoms with Gasteiger partial charge in [-0.1, -0.05) is 17.7 Å². The lowest BCUT2D eigenvalue weighted by Gasteiger charge is -2.09. The third-order valence-corrected chi connectivity index (χ3v) is 4.02. The molecule has 1 aliphatic rings. The number of hydrogen-bond donors (Lipinski definition) is 1. The number of ether oxygens (including phenoxy) is 4. The Balaban J connectivity index is 1.62. The zero-order valence-corrected chi connectivity index (χ0v) is 15.0. The number of hydrazone groups is 1. The number of nitrogens with one attached hydrogen (secondary N) is 1. The molecule has 0 bridgehead atoms. The zero-order chi connectivity index (χ0) is 18.5. The zero-order valence-electron chi connectivity index (χ0n) is 14.2. The highest BCUT2D eigenvalue weighted by Crippen LogP contribution is 2.33. The quantitative estimate of drug-likeness (QED) is 0.619. The molecule has 7 nitrogen and oxygen atoms in total. The number of halogens is 1. The van der Waals surface area contributed by atoms with Crippen molar-refractivity contribution in [3.8, 4) is 23.0 Å². The summed E-state index contributed by atoms with van der Waals surface area (Å²) < 4.78 is 20.9. The van der Waals surface area contributed by atoms with Crippen LogP contribution in [0, 0.1) is 0 Å². The predicted molar refractivity (Wildman–Crippen MR) is 96.6 cm³/mol. The monoisotopic (exact) mass is 376 g/mol. The normalized spacial score (nSPS) is 12.3. The standard InChI is InChI=1S/C18H17ClN2O5/c1-23-15-7-12(13(19)8-16(15)24-2)9-20-21-18(22)6-11-3-4-14-17(5-11)26-10-25-14/h3-5,7-9H,6,10H2,1-2H3,(H,21,22)/b20-9-. The molecule has 1 N–H and O–H groups in total. The van der Waals surface area contributed by atoms with Gasteiger partial charge < -0.3 is 18.9 Å². The lowest BCUT2D eigenvalue weighted by atomic mass is 10.1. The molecule has 0 atom stereocenters. The van der Waals surface area contributed by atoms with Gasteiger partial charge in [0.05, 0.1) is 31.9 Å². The second kappa shape index (κ2) is 7.97. The van der Waals surface area contributed by atoms with Gasteiger partial charge in [-0.05, 0) is 23.8 Å². The molecule has 1 amide bonds. The van der Waals surface area contributed by atoms with Crippen LogP contribution >= 0.6 is 11.6 Å². The van der Waals surface area contributed by atoms with E-state index in [9.17, 15) is 4.79 Å². The molecule has 1 aliphatic heterocycles. The molecule has 2 aromatic rings. The Morgan fingerprint density at radius 3 is 2.69 bits per heavy atom. The molecular formula is C18H17ClN2O5. The second-order valence-corrected chi connectivity index (χ2v) is 5.79. The molecule has 0 aromatic heterocycles. The summed E-state index contributed by atoms with van der Waals surface area (Å²) in [6.45, 7) is 0.196. The minimum absolute atomic E-state index is 0.160. The second-order valence-electron chi connectivity index (χ2n) is 5.39. The molecule has 2 aromatic carbocycles. The van der Waals surface area contributed by atoms with Gasteiger partial charge in [0.25, 0.3) is 0 Å². The van der Waals surface area contributed by atoms with Crippen LogP contribution in [-0.2, 0) is 11.2 Å². The first-order chi connectivity index (χ1) is 12.6. The highest BCUT2D eigenvalue weighted by molar-refractivity contribution is 6.33. The Kier molecular flexibility index (Phi) is 5.48. The fourth-order valence-corrected chi connectivity index (χ4v) is 2.62. The summed E-state index contributed by atoms with van der Waals surface area (Å²) >= 11 is 6.17. The summed E-state index contributed by atoms with van der Waals surface area (Å²) in [4.78, 5) is 12.0. The highest BCUT2D eigenvalue weighted by Gasteiger charge is 2.14. The van der Waals surface area contributed by atoms with E-state index in [2.05, 4.69) is 10.5 Å². The lowest BCUT2D eigenvalue weighted by Crippen LogP contribution is -2.19. The molecular weight excluding hydrogens is 360 g/mol. The molecule has 0 saturated carbocycles. The van der Waals surface area contributed by atoms with Crippen molar-refractivity contribution in [1.29, 1.82) is 0 Å². The SMILES string of the molecule is COc1cc(Cl)c(/C=N\NC(=O)Cc2ccc3c(c2)OCO3)cc1OC. The molecule has 8 heteroatoms. The van der Waals surface area contributed by atoms with Crippen molar-refractivity contribution < 1.29 is 23.7 Å². The lowest BCUT2D eigenvalue weighted by molar-refractivity contribution is -0.120. The van der Waals surface area contributed by atoms with Gasteiger partial charge in [0.1, 0.15) is 0 Å². The number of nitrogens with zero attached hydrogens (tertiary/aromatic N) is 1. The van der Waals surface area contributed by atoms with Gasteiger partial charge in [0, 0.05) is 11.6 Å². The van der Waals surface area contributed by atoms with E-state index in [1.165, 1.54) is 20.4 Å². The van der Waals surface area contributed by atoms with Gasteiger partial charge in [-0.25, -0.2) is 5.43 Å². The van der Waals surface area contributed by atoms with E-state index in [0.29, 0.717) is 33.6 Å². The highest BCUT2D eigenvalue weighted by atomic mass is 35.5. The Morgan fingerprint density at radius 2 is 1.92 bits per heavy atom. The summed E-state index contributed by atoms with van der Waals surface area (Å²) in [6.07, 6.45) is 1.61. The first kappa shape index (κ1) is 17.9. The van der Waals surface area contributed by atoms with Crippen molar-refractivity contribution in [2.45, 2.75) is 6.42 Å². The number of carbonyl (C=O) groups is 1. The average molecular weight is 377 g/mol. The third-order valence-electron chi connectivity index (χ3n) is 3.70. The number of rotatable bonds is 6. The van der Waals surface area contributed by atoms with E-state index in [0.717, 1.165) is 5.56 Å². The minimum atomic E-state index is -0.267. The molecule has 0 fully saturated rings. The number of amides is 1. The van der Waals surface area contributed by atoms with Crippen LogP contribution in [0.4, 0.5) is 0 Å². The number of methoxy groups -OCH3 is 2. The Labute approximate surface area is 155 Å². The van der Waals surface area contributed by atoms with Gasteiger partial charge in [0.2, 0.25) is 12.7 Å². The Morgan fingerprint density at radius 1 is 1.19 bits per heavy atom.